The molecule has 2 unspecified atom stereocenters. The van der Waals surface area contributed by atoms with Crippen molar-refractivity contribution in [2.75, 3.05) is 0 Å². The Balaban J connectivity index is 2.71. The maximum Gasteiger partial charge on any atom is 0.334 e. The summed E-state index contributed by atoms with van der Waals surface area (Å²) in [5.41, 5.74) is -2.27. The van der Waals surface area contributed by atoms with E-state index in [0.717, 1.165) is 6.92 Å². The summed E-state index contributed by atoms with van der Waals surface area (Å²) in [6.45, 7) is 16.6. The highest BCUT2D eigenvalue weighted by atomic mass is 16.6. The van der Waals surface area contributed by atoms with Gasteiger partial charge >= 0.3 is 17.9 Å². The van der Waals surface area contributed by atoms with Crippen LogP contribution in [0, 0.1) is 11.8 Å². The average molecular weight is 432 g/mol. The molecule has 0 saturated carbocycles. The molecule has 8 nitrogen and oxygen atoms in total. The lowest BCUT2D eigenvalue weighted by molar-refractivity contribution is -0.193. The molecule has 1 aliphatic heterocycles. The first kappa shape index (κ1) is 24.3. The van der Waals surface area contributed by atoms with E-state index < -0.39 is 53.5 Å². The lowest BCUT2D eigenvalue weighted by Crippen LogP contribution is -2.58. The number of rotatable bonds is 4. The molecule has 0 radical (unpaired) electrons. The molecule has 0 amide bonds. The van der Waals surface area contributed by atoms with E-state index in [1.165, 1.54) is 19.9 Å². The van der Waals surface area contributed by atoms with Gasteiger partial charge in [-0.25, -0.2) is 14.4 Å². The van der Waals surface area contributed by atoms with Crippen LogP contribution in [-0.2, 0) is 33.4 Å². The van der Waals surface area contributed by atoms with Crippen molar-refractivity contribution >= 4 is 23.7 Å². The summed E-state index contributed by atoms with van der Waals surface area (Å²) in [4.78, 5) is 50.0. The van der Waals surface area contributed by atoms with Gasteiger partial charge in [0.2, 0.25) is 0 Å². The van der Waals surface area contributed by atoms with Crippen molar-refractivity contribution in [1.82, 2.24) is 0 Å². The van der Waals surface area contributed by atoms with Gasteiger partial charge in [-0.15, -0.1) is 0 Å². The van der Waals surface area contributed by atoms with Crippen molar-refractivity contribution in [3.63, 3.8) is 0 Å². The highest BCUT2D eigenvalue weighted by molar-refractivity contribution is 5.98. The number of carbonyl (C=O) groups excluding carboxylic acids is 4. The number of hydrogen-bond acceptors (Lipinski definition) is 8. The molecule has 2 rings (SSSR count). The van der Waals surface area contributed by atoms with Crippen molar-refractivity contribution in [3.8, 4) is 0 Å². The maximum absolute atomic E-state index is 12.8. The molecule has 0 spiro atoms. The van der Waals surface area contributed by atoms with Gasteiger partial charge in [-0.05, 0) is 39.2 Å². The first-order chi connectivity index (χ1) is 14.3. The third-order valence-corrected chi connectivity index (χ3v) is 5.38. The van der Waals surface area contributed by atoms with Crippen LogP contribution in [0.25, 0.3) is 0 Å². The standard InChI is InChI=1S/C23H28O8/c1-11(2)20(25)30-18-17-14(6)22(27)29-15(17)10-13(5)8-9-16(24)23(7,28)19(18)31-21(26)12(3)4/h8-9,13,15,17-19,28H,1,3,6,10H2,2,4-5,7H3/b9-8-/t13?,15-,17+,18+,19?,23+/m1/s1. The minimum absolute atomic E-state index is 0.00334. The van der Waals surface area contributed by atoms with E-state index in [-0.39, 0.29) is 22.6 Å². The van der Waals surface area contributed by atoms with Crippen LogP contribution in [0.2, 0.25) is 0 Å². The molecule has 1 aliphatic carbocycles. The fourth-order valence-electron chi connectivity index (χ4n) is 3.52. The second-order valence-corrected chi connectivity index (χ2v) is 8.34. The zero-order valence-corrected chi connectivity index (χ0v) is 18.2. The third-order valence-electron chi connectivity index (χ3n) is 5.38. The minimum atomic E-state index is -2.30. The number of aliphatic hydroxyl groups is 1. The number of ketones is 1. The Kier molecular flexibility index (Phi) is 7.06. The van der Waals surface area contributed by atoms with Gasteiger partial charge in [0.15, 0.2) is 23.6 Å². The highest BCUT2D eigenvalue weighted by Gasteiger charge is 2.56. The number of ether oxygens (including phenoxy) is 3. The Morgan fingerprint density at radius 1 is 1.16 bits per heavy atom. The molecule has 1 fully saturated rings. The third kappa shape index (κ3) is 5.02. The number of fused-ring (bicyclic) bond motifs is 1. The van der Waals surface area contributed by atoms with Gasteiger partial charge in [-0.2, -0.15) is 0 Å². The maximum atomic E-state index is 12.8. The number of esters is 3. The molecule has 1 heterocycles. The van der Waals surface area contributed by atoms with Gasteiger partial charge in [-0.1, -0.05) is 32.7 Å². The summed E-state index contributed by atoms with van der Waals surface area (Å²) in [6, 6.07) is 0. The Morgan fingerprint density at radius 3 is 2.26 bits per heavy atom. The SMILES string of the molecule is C=C(C)C(=O)OC1[C@@H](OC(=O)C(=C)C)[C@H]2C(=C)C(=O)O[C@@H]2CC(C)/C=C\C(=O)[C@]1(C)O. The topological polar surface area (TPSA) is 116 Å². The largest absolute Gasteiger partial charge is 0.458 e. The minimum Gasteiger partial charge on any atom is -0.458 e. The monoisotopic (exact) mass is 432 g/mol. The lowest BCUT2D eigenvalue weighted by Gasteiger charge is -2.39. The van der Waals surface area contributed by atoms with Crippen LogP contribution in [0.5, 0.6) is 0 Å². The van der Waals surface area contributed by atoms with E-state index in [9.17, 15) is 24.3 Å². The van der Waals surface area contributed by atoms with Crippen LogP contribution in [0.1, 0.15) is 34.1 Å². The van der Waals surface area contributed by atoms with E-state index in [1.807, 2.05) is 0 Å². The molecule has 0 aromatic rings. The number of hydrogen-bond donors (Lipinski definition) is 1. The summed E-state index contributed by atoms with van der Waals surface area (Å²) < 4.78 is 16.4. The van der Waals surface area contributed by atoms with Crippen LogP contribution in [0.15, 0.2) is 48.6 Å². The number of carbonyl (C=O) groups is 4. The molecular weight excluding hydrogens is 404 g/mol. The Morgan fingerprint density at radius 2 is 1.71 bits per heavy atom. The predicted octanol–water partition coefficient (Wildman–Crippen LogP) is 1.98. The van der Waals surface area contributed by atoms with E-state index in [4.69, 9.17) is 14.2 Å². The van der Waals surface area contributed by atoms with Gasteiger partial charge in [0.1, 0.15) is 6.10 Å². The fraction of sp³-hybridized carbons (Fsp3) is 0.478. The second kappa shape index (κ2) is 9.01. The molecule has 2 aliphatic rings. The van der Waals surface area contributed by atoms with E-state index in [2.05, 4.69) is 19.7 Å². The van der Waals surface area contributed by atoms with Gasteiger partial charge in [0, 0.05) is 16.7 Å². The van der Waals surface area contributed by atoms with Crippen molar-refractivity contribution in [1.29, 1.82) is 0 Å². The Hall–Kier alpha value is -3.00. The van der Waals surface area contributed by atoms with Crippen molar-refractivity contribution in [3.05, 3.63) is 48.6 Å². The second-order valence-electron chi connectivity index (χ2n) is 8.34. The first-order valence-electron chi connectivity index (χ1n) is 9.85. The van der Waals surface area contributed by atoms with Gasteiger partial charge < -0.3 is 19.3 Å². The van der Waals surface area contributed by atoms with E-state index in [0.29, 0.717) is 6.42 Å². The molecule has 8 heteroatoms. The van der Waals surface area contributed by atoms with Crippen molar-refractivity contribution in [2.45, 2.75) is 58.0 Å². The van der Waals surface area contributed by atoms with Crippen LogP contribution < -0.4 is 0 Å². The lowest BCUT2D eigenvalue weighted by atomic mass is 9.77. The quantitative estimate of drug-likeness (QED) is 0.407. The zero-order valence-electron chi connectivity index (χ0n) is 18.2. The summed E-state index contributed by atoms with van der Waals surface area (Å²) >= 11 is 0. The summed E-state index contributed by atoms with van der Waals surface area (Å²) in [6.07, 6.45) is -0.865. The van der Waals surface area contributed by atoms with Crippen LogP contribution in [0.3, 0.4) is 0 Å². The molecule has 0 bridgehead atoms. The van der Waals surface area contributed by atoms with Crippen molar-refractivity contribution in [2.24, 2.45) is 11.8 Å². The van der Waals surface area contributed by atoms with Crippen LogP contribution in [0.4, 0.5) is 0 Å². The predicted molar refractivity (Wildman–Crippen MR) is 110 cm³/mol. The Bertz CT molecular complexity index is 878. The van der Waals surface area contributed by atoms with Crippen LogP contribution >= 0.6 is 0 Å². The van der Waals surface area contributed by atoms with Crippen molar-refractivity contribution < 1.29 is 38.5 Å². The Labute approximate surface area is 181 Å². The molecule has 31 heavy (non-hydrogen) atoms. The first-order valence-corrected chi connectivity index (χ1v) is 9.85. The smallest absolute Gasteiger partial charge is 0.334 e. The molecule has 1 N–H and O–H groups in total. The molecule has 1 saturated heterocycles. The fourth-order valence-corrected chi connectivity index (χ4v) is 3.52. The van der Waals surface area contributed by atoms with Gasteiger partial charge in [0.25, 0.3) is 0 Å². The molecule has 0 aromatic heterocycles. The summed E-state index contributed by atoms with van der Waals surface area (Å²) in [5, 5.41) is 11.2. The summed E-state index contributed by atoms with van der Waals surface area (Å²) in [7, 11) is 0. The van der Waals surface area contributed by atoms with Crippen LogP contribution in [-0.4, -0.2) is 52.7 Å². The molecule has 168 valence electrons. The van der Waals surface area contributed by atoms with Gasteiger partial charge in [0.05, 0.1) is 5.92 Å². The van der Waals surface area contributed by atoms with E-state index in [1.54, 1.807) is 13.0 Å². The van der Waals surface area contributed by atoms with E-state index >= 15 is 0 Å². The zero-order chi connectivity index (χ0) is 23.7. The molecule has 6 atom stereocenters. The average Bonchev–Trinajstić information content (AvgIpc) is 2.94. The molecular formula is C23H28O8. The normalized spacial score (nSPS) is 34.2. The van der Waals surface area contributed by atoms with Gasteiger partial charge in [-0.3, -0.25) is 4.79 Å². The summed E-state index contributed by atoms with van der Waals surface area (Å²) in [5.74, 6) is -4.39. The molecule has 0 aromatic carbocycles. The number of allylic oxidation sites excluding steroid dienone is 1. The highest BCUT2D eigenvalue weighted by Crippen LogP contribution is 2.40.